The van der Waals surface area contributed by atoms with Crippen LogP contribution in [0.5, 0.6) is 0 Å². The van der Waals surface area contributed by atoms with E-state index in [1.807, 2.05) is 49.1 Å². The Hall–Kier alpha value is -2.50. The Labute approximate surface area is 182 Å². The summed E-state index contributed by atoms with van der Waals surface area (Å²) in [5.74, 6) is 1.02. The van der Waals surface area contributed by atoms with Crippen molar-refractivity contribution in [1.29, 1.82) is 0 Å². The largest absolute Gasteiger partial charge is 0.467 e. The normalized spacial score (nSPS) is 15.4. The second kappa shape index (κ2) is 9.11. The second-order valence-corrected chi connectivity index (χ2v) is 8.44. The summed E-state index contributed by atoms with van der Waals surface area (Å²) in [6.07, 6.45) is 2.66. The van der Waals surface area contributed by atoms with E-state index in [2.05, 4.69) is 21.6 Å². The van der Waals surface area contributed by atoms with Crippen LogP contribution in [-0.2, 0) is 13.1 Å². The smallest absolute Gasteiger partial charge is 0.255 e. The SMILES string of the molecule is Cc1cc(C(=O)N2CCCN(Cc3ccc(Cl)cc3)CC2)c(C)n1Cc1ccco1. The summed E-state index contributed by atoms with van der Waals surface area (Å²) >= 11 is 5.99. The maximum Gasteiger partial charge on any atom is 0.255 e. The van der Waals surface area contributed by atoms with Crippen LogP contribution in [0, 0.1) is 13.8 Å². The average Bonchev–Trinajstić information content (AvgIpc) is 3.27. The molecule has 0 atom stereocenters. The minimum atomic E-state index is 0.127. The number of aryl methyl sites for hydroxylation is 1. The quantitative estimate of drug-likeness (QED) is 0.592. The van der Waals surface area contributed by atoms with Crippen LogP contribution in [0.25, 0.3) is 0 Å². The predicted molar refractivity (Wildman–Crippen MR) is 119 cm³/mol. The zero-order chi connectivity index (χ0) is 21.1. The fourth-order valence-corrected chi connectivity index (χ4v) is 4.30. The molecule has 3 heterocycles. The molecule has 1 aromatic carbocycles. The molecule has 0 unspecified atom stereocenters. The fourth-order valence-electron chi connectivity index (χ4n) is 4.17. The lowest BCUT2D eigenvalue weighted by Crippen LogP contribution is -2.35. The Morgan fingerprint density at radius 2 is 1.83 bits per heavy atom. The molecule has 0 bridgehead atoms. The third-order valence-corrected chi connectivity index (χ3v) is 6.15. The van der Waals surface area contributed by atoms with Crippen molar-refractivity contribution in [3.8, 4) is 0 Å². The Kier molecular flexibility index (Phi) is 6.30. The summed E-state index contributed by atoms with van der Waals surface area (Å²) < 4.78 is 7.64. The zero-order valence-corrected chi connectivity index (χ0v) is 18.4. The molecule has 1 aliphatic rings. The van der Waals surface area contributed by atoms with E-state index in [4.69, 9.17) is 16.0 Å². The van der Waals surface area contributed by atoms with Crippen molar-refractivity contribution in [2.45, 2.75) is 33.4 Å². The van der Waals surface area contributed by atoms with E-state index < -0.39 is 0 Å². The van der Waals surface area contributed by atoms with Crippen molar-refractivity contribution in [2.75, 3.05) is 26.2 Å². The van der Waals surface area contributed by atoms with Gasteiger partial charge in [0, 0.05) is 49.1 Å². The number of benzene rings is 1. The van der Waals surface area contributed by atoms with E-state index in [0.29, 0.717) is 6.54 Å². The van der Waals surface area contributed by atoms with Gasteiger partial charge in [-0.3, -0.25) is 9.69 Å². The molecule has 0 aliphatic carbocycles. The van der Waals surface area contributed by atoms with E-state index in [1.54, 1.807) is 6.26 Å². The van der Waals surface area contributed by atoms with E-state index in [-0.39, 0.29) is 5.91 Å². The van der Waals surface area contributed by atoms with Crippen molar-refractivity contribution >= 4 is 17.5 Å². The highest BCUT2D eigenvalue weighted by atomic mass is 35.5. The van der Waals surface area contributed by atoms with Gasteiger partial charge in [0.1, 0.15) is 5.76 Å². The highest BCUT2D eigenvalue weighted by molar-refractivity contribution is 6.30. The zero-order valence-electron chi connectivity index (χ0n) is 17.6. The Morgan fingerprint density at radius 1 is 1.03 bits per heavy atom. The first kappa shape index (κ1) is 20.8. The van der Waals surface area contributed by atoms with Gasteiger partial charge in [0.25, 0.3) is 5.91 Å². The summed E-state index contributed by atoms with van der Waals surface area (Å²) in [6.45, 7) is 9.00. The minimum absolute atomic E-state index is 0.127. The third kappa shape index (κ3) is 4.63. The van der Waals surface area contributed by atoms with Crippen molar-refractivity contribution in [3.05, 3.63) is 82.0 Å². The number of carbonyl (C=O) groups excluding carboxylic acids is 1. The number of halogens is 1. The number of amides is 1. The minimum Gasteiger partial charge on any atom is -0.467 e. The number of rotatable bonds is 5. The van der Waals surface area contributed by atoms with Gasteiger partial charge in [-0.1, -0.05) is 23.7 Å². The number of nitrogens with zero attached hydrogens (tertiary/aromatic N) is 3. The van der Waals surface area contributed by atoms with Crippen molar-refractivity contribution < 1.29 is 9.21 Å². The highest BCUT2D eigenvalue weighted by Crippen LogP contribution is 2.20. The summed E-state index contributed by atoms with van der Waals surface area (Å²) in [7, 11) is 0. The van der Waals surface area contributed by atoms with Crippen LogP contribution in [-0.4, -0.2) is 46.5 Å². The van der Waals surface area contributed by atoms with Crippen LogP contribution in [0.3, 0.4) is 0 Å². The fraction of sp³-hybridized carbons (Fsp3) is 0.375. The lowest BCUT2D eigenvalue weighted by atomic mass is 10.2. The lowest BCUT2D eigenvalue weighted by Gasteiger charge is -2.22. The average molecular weight is 426 g/mol. The van der Waals surface area contributed by atoms with Gasteiger partial charge in [-0.2, -0.15) is 0 Å². The number of hydrogen-bond donors (Lipinski definition) is 0. The second-order valence-electron chi connectivity index (χ2n) is 8.00. The molecular weight excluding hydrogens is 398 g/mol. The molecule has 3 aromatic rings. The third-order valence-electron chi connectivity index (χ3n) is 5.89. The number of aromatic nitrogens is 1. The van der Waals surface area contributed by atoms with Gasteiger partial charge in [0.2, 0.25) is 0 Å². The van der Waals surface area contributed by atoms with Crippen molar-refractivity contribution in [3.63, 3.8) is 0 Å². The van der Waals surface area contributed by atoms with Gasteiger partial charge < -0.3 is 13.9 Å². The Morgan fingerprint density at radius 3 is 2.57 bits per heavy atom. The van der Waals surface area contributed by atoms with Gasteiger partial charge in [0.15, 0.2) is 0 Å². The first-order valence-corrected chi connectivity index (χ1v) is 10.8. The summed E-state index contributed by atoms with van der Waals surface area (Å²) in [5.41, 5.74) is 4.12. The van der Waals surface area contributed by atoms with E-state index in [9.17, 15) is 4.79 Å². The first-order chi connectivity index (χ1) is 14.5. The Bertz CT molecular complexity index is 992. The molecule has 4 rings (SSSR count). The Balaban J connectivity index is 1.42. The maximum atomic E-state index is 13.3. The van der Waals surface area contributed by atoms with Gasteiger partial charge in [-0.05, 0) is 56.2 Å². The molecule has 0 spiro atoms. The van der Waals surface area contributed by atoms with Crippen LogP contribution in [0.15, 0.2) is 53.1 Å². The van der Waals surface area contributed by atoms with Crippen molar-refractivity contribution in [2.24, 2.45) is 0 Å². The van der Waals surface area contributed by atoms with Crippen LogP contribution >= 0.6 is 11.6 Å². The highest BCUT2D eigenvalue weighted by Gasteiger charge is 2.24. The molecule has 5 nitrogen and oxygen atoms in total. The molecule has 6 heteroatoms. The molecule has 0 radical (unpaired) electrons. The molecule has 30 heavy (non-hydrogen) atoms. The number of hydrogen-bond acceptors (Lipinski definition) is 3. The molecule has 0 N–H and O–H groups in total. The van der Waals surface area contributed by atoms with Gasteiger partial charge in [0.05, 0.1) is 18.4 Å². The number of furan rings is 1. The van der Waals surface area contributed by atoms with Crippen LogP contribution in [0.1, 0.15) is 39.5 Å². The van der Waals surface area contributed by atoms with Crippen LogP contribution < -0.4 is 0 Å². The van der Waals surface area contributed by atoms with E-state index in [0.717, 1.165) is 66.9 Å². The van der Waals surface area contributed by atoms with E-state index >= 15 is 0 Å². The first-order valence-electron chi connectivity index (χ1n) is 10.5. The molecule has 0 saturated carbocycles. The molecule has 1 fully saturated rings. The maximum absolute atomic E-state index is 13.3. The number of carbonyl (C=O) groups is 1. The summed E-state index contributed by atoms with van der Waals surface area (Å²) in [6, 6.07) is 13.9. The molecule has 1 saturated heterocycles. The molecule has 2 aromatic heterocycles. The summed E-state index contributed by atoms with van der Waals surface area (Å²) in [4.78, 5) is 17.7. The van der Waals surface area contributed by atoms with Crippen LogP contribution in [0.4, 0.5) is 0 Å². The molecule has 1 amide bonds. The lowest BCUT2D eigenvalue weighted by molar-refractivity contribution is 0.0760. The molecular formula is C24H28ClN3O2. The van der Waals surface area contributed by atoms with Crippen molar-refractivity contribution in [1.82, 2.24) is 14.4 Å². The predicted octanol–water partition coefficient (Wildman–Crippen LogP) is 4.75. The van der Waals surface area contributed by atoms with Gasteiger partial charge >= 0.3 is 0 Å². The molecule has 158 valence electrons. The standard InChI is InChI=1S/C24H28ClN3O2/c1-18-15-23(19(2)28(18)17-22-5-3-14-30-22)24(29)27-11-4-10-26(12-13-27)16-20-6-8-21(25)9-7-20/h3,5-9,14-15H,4,10-13,16-17H2,1-2H3. The molecule has 1 aliphatic heterocycles. The summed E-state index contributed by atoms with van der Waals surface area (Å²) in [5, 5.41) is 0.760. The van der Waals surface area contributed by atoms with Gasteiger partial charge in [-0.25, -0.2) is 0 Å². The van der Waals surface area contributed by atoms with E-state index in [1.165, 1.54) is 5.56 Å². The van der Waals surface area contributed by atoms with Gasteiger partial charge in [-0.15, -0.1) is 0 Å². The monoisotopic (exact) mass is 425 g/mol. The topological polar surface area (TPSA) is 41.6 Å². The van der Waals surface area contributed by atoms with Crippen LogP contribution in [0.2, 0.25) is 5.02 Å².